The fraction of sp³-hybridized carbons (Fsp3) is 0. The number of nitrogens with one attached hydrogen (secondary N) is 1. The van der Waals surface area contributed by atoms with Gasteiger partial charge in [-0.1, -0.05) is 5.16 Å². The van der Waals surface area contributed by atoms with Gasteiger partial charge >= 0.3 is 5.97 Å². The van der Waals surface area contributed by atoms with Crippen molar-refractivity contribution >= 4 is 17.7 Å². The van der Waals surface area contributed by atoms with E-state index in [0.717, 1.165) is 0 Å². The second-order valence-corrected chi connectivity index (χ2v) is 3.04. The third kappa shape index (κ3) is 2.28. The van der Waals surface area contributed by atoms with Gasteiger partial charge in [0.25, 0.3) is 5.91 Å². The van der Waals surface area contributed by atoms with E-state index in [0.29, 0.717) is 0 Å². The highest BCUT2D eigenvalue weighted by atomic mass is 16.5. The molecule has 1 amide bonds. The summed E-state index contributed by atoms with van der Waals surface area (Å²) in [7, 11) is 0. The number of rotatable bonds is 3. The molecule has 0 unspecified atom stereocenters. The normalized spacial score (nSPS) is 9.88. The number of carboxylic acids is 1. The Labute approximate surface area is 95.1 Å². The van der Waals surface area contributed by atoms with Crippen LogP contribution in [0.25, 0.3) is 0 Å². The molecule has 0 aliphatic carbocycles. The van der Waals surface area contributed by atoms with E-state index in [1.165, 1.54) is 30.7 Å². The van der Waals surface area contributed by atoms with Gasteiger partial charge in [-0.3, -0.25) is 4.79 Å². The van der Waals surface area contributed by atoms with Crippen molar-refractivity contribution in [3.8, 4) is 0 Å². The number of carbonyl (C=O) groups is 2. The number of pyridine rings is 1. The number of amides is 1. The van der Waals surface area contributed by atoms with Crippen molar-refractivity contribution < 1.29 is 19.2 Å². The topological polar surface area (TPSA) is 105 Å². The summed E-state index contributed by atoms with van der Waals surface area (Å²) >= 11 is 0. The lowest BCUT2D eigenvalue weighted by molar-refractivity contribution is 0.0697. The Kier molecular flexibility index (Phi) is 2.82. The molecule has 0 aliphatic rings. The number of anilines is 1. The van der Waals surface area contributed by atoms with Crippen LogP contribution in [0.15, 0.2) is 35.2 Å². The quantitative estimate of drug-likeness (QED) is 0.819. The second-order valence-electron chi connectivity index (χ2n) is 3.04. The van der Waals surface area contributed by atoms with Gasteiger partial charge in [0.1, 0.15) is 17.6 Å². The van der Waals surface area contributed by atoms with Crippen molar-refractivity contribution in [1.29, 1.82) is 0 Å². The minimum absolute atomic E-state index is 0.0343. The van der Waals surface area contributed by atoms with Crippen LogP contribution in [0, 0.1) is 0 Å². The molecule has 7 nitrogen and oxygen atoms in total. The van der Waals surface area contributed by atoms with E-state index in [1.54, 1.807) is 0 Å². The minimum Gasteiger partial charge on any atom is -0.478 e. The van der Waals surface area contributed by atoms with Crippen molar-refractivity contribution in [2.24, 2.45) is 0 Å². The summed E-state index contributed by atoms with van der Waals surface area (Å²) in [5.74, 6) is -1.79. The molecule has 0 atom stereocenters. The number of nitrogens with zero attached hydrogens (tertiary/aromatic N) is 2. The van der Waals surface area contributed by atoms with E-state index in [4.69, 9.17) is 5.11 Å². The smallest absolute Gasteiger partial charge is 0.339 e. The maximum absolute atomic E-state index is 11.6. The Bertz CT molecular complexity index is 550. The average molecular weight is 233 g/mol. The van der Waals surface area contributed by atoms with Crippen molar-refractivity contribution in [2.75, 3.05) is 5.32 Å². The van der Waals surface area contributed by atoms with E-state index in [-0.39, 0.29) is 17.1 Å². The molecule has 0 saturated carbocycles. The Morgan fingerprint density at radius 2 is 2.18 bits per heavy atom. The SMILES string of the molecule is O=C(Nc1ncccc1C(=O)O)c1ccon1. The van der Waals surface area contributed by atoms with Gasteiger partial charge in [0.15, 0.2) is 5.69 Å². The van der Waals surface area contributed by atoms with Gasteiger partial charge in [0, 0.05) is 12.3 Å². The van der Waals surface area contributed by atoms with Gasteiger partial charge in [-0.05, 0) is 12.1 Å². The molecule has 0 radical (unpaired) electrons. The summed E-state index contributed by atoms with van der Waals surface area (Å²) in [5.41, 5.74) is -0.0451. The second kappa shape index (κ2) is 4.44. The molecule has 2 N–H and O–H groups in total. The van der Waals surface area contributed by atoms with Crippen LogP contribution in [0.2, 0.25) is 0 Å². The molecule has 2 aromatic heterocycles. The van der Waals surface area contributed by atoms with E-state index >= 15 is 0 Å². The highest BCUT2D eigenvalue weighted by Crippen LogP contribution is 2.12. The van der Waals surface area contributed by atoms with Gasteiger partial charge in [-0.25, -0.2) is 9.78 Å². The Hall–Kier alpha value is -2.70. The molecular formula is C10H7N3O4. The van der Waals surface area contributed by atoms with Crippen LogP contribution in [0.4, 0.5) is 5.82 Å². The van der Waals surface area contributed by atoms with Crippen molar-refractivity contribution in [1.82, 2.24) is 10.1 Å². The van der Waals surface area contributed by atoms with E-state index in [9.17, 15) is 9.59 Å². The third-order valence-electron chi connectivity index (χ3n) is 1.94. The van der Waals surface area contributed by atoms with Crippen molar-refractivity contribution in [3.63, 3.8) is 0 Å². The number of hydrogen-bond donors (Lipinski definition) is 2. The largest absolute Gasteiger partial charge is 0.478 e. The minimum atomic E-state index is -1.17. The first-order valence-corrected chi connectivity index (χ1v) is 4.58. The van der Waals surface area contributed by atoms with Gasteiger partial charge in [-0.15, -0.1) is 0 Å². The number of carboxylic acid groups (broad SMARTS) is 1. The molecule has 86 valence electrons. The standard InChI is InChI=1S/C10H7N3O4/c14-9(7-3-5-17-13-7)12-8-6(10(15)16)2-1-4-11-8/h1-5H,(H,15,16)(H,11,12,14). The van der Waals surface area contributed by atoms with Crippen LogP contribution in [-0.2, 0) is 0 Å². The first-order valence-electron chi connectivity index (χ1n) is 4.58. The molecule has 0 spiro atoms. The maximum atomic E-state index is 11.6. The maximum Gasteiger partial charge on any atom is 0.339 e. The fourth-order valence-electron chi connectivity index (χ4n) is 1.18. The molecule has 2 rings (SSSR count). The molecule has 0 fully saturated rings. The zero-order chi connectivity index (χ0) is 12.3. The fourth-order valence-corrected chi connectivity index (χ4v) is 1.18. The third-order valence-corrected chi connectivity index (χ3v) is 1.94. The summed E-state index contributed by atoms with van der Waals surface area (Å²) in [5, 5.41) is 14.6. The molecule has 0 aromatic carbocycles. The molecule has 0 saturated heterocycles. The van der Waals surface area contributed by atoms with Crippen LogP contribution in [0.3, 0.4) is 0 Å². The lowest BCUT2D eigenvalue weighted by Gasteiger charge is -2.04. The van der Waals surface area contributed by atoms with Crippen molar-refractivity contribution in [2.45, 2.75) is 0 Å². The average Bonchev–Trinajstić information content (AvgIpc) is 2.83. The van der Waals surface area contributed by atoms with Crippen LogP contribution >= 0.6 is 0 Å². The summed E-state index contributed by atoms with van der Waals surface area (Å²) in [4.78, 5) is 26.2. The van der Waals surface area contributed by atoms with Gasteiger partial charge in [-0.2, -0.15) is 0 Å². The Morgan fingerprint density at radius 1 is 1.35 bits per heavy atom. The number of aromatic carboxylic acids is 1. The highest BCUT2D eigenvalue weighted by Gasteiger charge is 2.15. The lowest BCUT2D eigenvalue weighted by atomic mass is 10.2. The summed E-state index contributed by atoms with van der Waals surface area (Å²) in [6.45, 7) is 0. The zero-order valence-corrected chi connectivity index (χ0v) is 8.45. The van der Waals surface area contributed by atoms with E-state index in [1.807, 2.05) is 0 Å². The molecule has 2 heterocycles. The van der Waals surface area contributed by atoms with Crippen LogP contribution in [-0.4, -0.2) is 27.1 Å². The first kappa shape index (κ1) is 10.8. The van der Waals surface area contributed by atoms with Gasteiger partial charge < -0.3 is 14.9 Å². The monoisotopic (exact) mass is 233 g/mol. The number of hydrogen-bond acceptors (Lipinski definition) is 5. The zero-order valence-electron chi connectivity index (χ0n) is 8.45. The highest BCUT2D eigenvalue weighted by molar-refractivity contribution is 6.05. The molecule has 0 bridgehead atoms. The van der Waals surface area contributed by atoms with Crippen LogP contribution < -0.4 is 5.32 Å². The summed E-state index contributed by atoms with van der Waals surface area (Å²) in [6.07, 6.45) is 2.62. The molecule has 7 heteroatoms. The number of carbonyl (C=O) groups excluding carboxylic acids is 1. The summed E-state index contributed by atoms with van der Waals surface area (Å²) in [6, 6.07) is 4.17. The van der Waals surface area contributed by atoms with Crippen molar-refractivity contribution in [3.05, 3.63) is 41.9 Å². The first-order chi connectivity index (χ1) is 8.18. The number of aromatic nitrogens is 2. The summed E-state index contributed by atoms with van der Waals surface area (Å²) < 4.78 is 4.50. The van der Waals surface area contributed by atoms with Crippen LogP contribution in [0.1, 0.15) is 20.8 Å². The Balaban J connectivity index is 2.25. The molecule has 17 heavy (non-hydrogen) atoms. The predicted octanol–water partition coefficient (Wildman–Crippen LogP) is 1.02. The molecule has 0 aliphatic heterocycles. The van der Waals surface area contributed by atoms with E-state index < -0.39 is 11.9 Å². The lowest BCUT2D eigenvalue weighted by Crippen LogP contribution is -2.16. The van der Waals surface area contributed by atoms with E-state index in [2.05, 4.69) is 20.0 Å². The Morgan fingerprint density at radius 3 is 2.82 bits per heavy atom. The molecule has 2 aromatic rings. The van der Waals surface area contributed by atoms with Gasteiger partial charge in [0.2, 0.25) is 0 Å². The molecular weight excluding hydrogens is 226 g/mol. The van der Waals surface area contributed by atoms with Crippen LogP contribution in [0.5, 0.6) is 0 Å². The van der Waals surface area contributed by atoms with Gasteiger partial charge in [0.05, 0.1) is 0 Å². The predicted molar refractivity (Wildman–Crippen MR) is 55.7 cm³/mol.